The van der Waals surface area contributed by atoms with Gasteiger partial charge in [0.05, 0.1) is 22.2 Å². The largest absolute Gasteiger partial charge is 0.416 e. The molecule has 158 valence electrons. The molecule has 1 heterocycles. The first-order valence-corrected chi connectivity index (χ1v) is 10.0. The Balaban J connectivity index is 2.00. The van der Waals surface area contributed by atoms with Crippen molar-refractivity contribution in [2.45, 2.75) is 38.5 Å². The predicted molar refractivity (Wildman–Crippen MR) is 109 cm³/mol. The predicted octanol–water partition coefficient (Wildman–Crippen LogP) is 5.25. The van der Waals surface area contributed by atoms with Crippen LogP contribution in [-0.2, 0) is 17.5 Å². The highest BCUT2D eigenvalue weighted by Gasteiger charge is 2.36. The van der Waals surface area contributed by atoms with Crippen LogP contribution in [0.2, 0.25) is 5.02 Å². The van der Waals surface area contributed by atoms with Gasteiger partial charge in [-0.15, -0.1) is 0 Å². The fourth-order valence-corrected chi connectivity index (χ4v) is 3.99. The first kappa shape index (κ1) is 22.0. The first-order valence-electron chi connectivity index (χ1n) is 9.63. The third kappa shape index (κ3) is 4.71. The summed E-state index contributed by atoms with van der Waals surface area (Å²) in [4.78, 5) is 15.9. The van der Waals surface area contributed by atoms with Crippen molar-refractivity contribution >= 4 is 23.2 Å². The van der Waals surface area contributed by atoms with Gasteiger partial charge < -0.3 is 9.80 Å². The summed E-state index contributed by atoms with van der Waals surface area (Å²) < 4.78 is 40.6. The Kier molecular flexibility index (Phi) is 6.57. The molecule has 8 heteroatoms. The van der Waals surface area contributed by atoms with Crippen LogP contribution in [0.5, 0.6) is 0 Å². The second kappa shape index (κ2) is 8.97. The number of halogens is 4. The van der Waals surface area contributed by atoms with E-state index in [4.69, 9.17) is 16.9 Å². The Bertz CT molecular complexity index is 971. The third-order valence-corrected chi connectivity index (χ3v) is 5.51. The fourth-order valence-electron chi connectivity index (χ4n) is 3.77. The topological polar surface area (TPSA) is 47.3 Å². The van der Waals surface area contributed by atoms with Crippen molar-refractivity contribution in [3.8, 4) is 6.07 Å². The van der Waals surface area contributed by atoms with Crippen LogP contribution in [0.1, 0.15) is 36.5 Å². The van der Waals surface area contributed by atoms with E-state index in [1.807, 2.05) is 13.0 Å². The molecule has 0 radical (unpaired) electrons. The lowest BCUT2D eigenvalue weighted by Gasteiger charge is -2.32. The molecule has 1 aliphatic heterocycles. The third-order valence-electron chi connectivity index (χ3n) is 5.20. The zero-order valence-corrected chi connectivity index (χ0v) is 17.2. The van der Waals surface area contributed by atoms with Crippen LogP contribution in [0.4, 0.5) is 18.9 Å². The molecule has 0 spiro atoms. The molecule has 1 atom stereocenters. The van der Waals surface area contributed by atoms with Gasteiger partial charge in [0, 0.05) is 31.7 Å². The van der Waals surface area contributed by atoms with E-state index in [1.54, 1.807) is 34.1 Å². The summed E-state index contributed by atoms with van der Waals surface area (Å²) in [5.74, 6) is -0.0179. The molecule has 2 aromatic carbocycles. The molecule has 0 saturated carbocycles. The van der Waals surface area contributed by atoms with Crippen molar-refractivity contribution in [3.63, 3.8) is 0 Å². The molecule has 4 nitrogen and oxygen atoms in total. The van der Waals surface area contributed by atoms with Gasteiger partial charge in [-0.25, -0.2) is 0 Å². The number of likely N-dealkylation sites (tertiary alicyclic amines) is 1. The zero-order valence-electron chi connectivity index (χ0n) is 16.4. The summed E-state index contributed by atoms with van der Waals surface area (Å²) in [7, 11) is 0. The van der Waals surface area contributed by atoms with Gasteiger partial charge in [-0.05, 0) is 36.2 Å². The summed E-state index contributed by atoms with van der Waals surface area (Å²) >= 11 is 6.19. The van der Waals surface area contributed by atoms with Gasteiger partial charge in [0.15, 0.2) is 0 Å². The lowest BCUT2D eigenvalue weighted by atomic mass is 10.0. The number of carbonyl (C=O) groups excluding carboxylic acids is 1. The molecule has 0 unspecified atom stereocenters. The van der Waals surface area contributed by atoms with E-state index < -0.39 is 11.7 Å². The number of anilines is 1. The number of hydrogen-bond donors (Lipinski definition) is 0. The second-order valence-electron chi connectivity index (χ2n) is 7.26. The maximum Gasteiger partial charge on any atom is 0.416 e. The minimum atomic E-state index is -4.48. The quantitative estimate of drug-likeness (QED) is 0.622. The van der Waals surface area contributed by atoms with E-state index in [-0.39, 0.29) is 41.1 Å². The first-order chi connectivity index (χ1) is 14.2. The molecule has 1 saturated heterocycles. The molecule has 3 rings (SSSR count). The Morgan fingerprint density at radius 1 is 1.27 bits per heavy atom. The average Bonchev–Trinajstić information content (AvgIpc) is 3.06. The van der Waals surface area contributed by atoms with Crippen LogP contribution in [-0.4, -0.2) is 29.9 Å². The number of amides is 1. The number of nitrogens with zero attached hydrogens (tertiary/aromatic N) is 3. The number of nitriles is 1. The second-order valence-corrected chi connectivity index (χ2v) is 7.66. The van der Waals surface area contributed by atoms with E-state index in [0.29, 0.717) is 18.8 Å². The van der Waals surface area contributed by atoms with Crippen LogP contribution in [0.15, 0.2) is 42.5 Å². The molecule has 1 aliphatic rings. The normalized spacial score (nSPS) is 16.6. The standard InChI is InChI=1S/C22H21ClF3N3O/c1-2-9-28-14-18(11-21(28)30)29(17-8-7-15(12-27)20(23)10-17)13-16-5-3-4-6-19(16)22(24,25)26/h3-8,10,18H,2,9,11,13-14H2,1H3/t18-/m0/s1. The van der Waals surface area contributed by atoms with Crippen LogP contribution in [0.25, 0.3) is 0 Å². The van der Waals surface area contributed by atoms with Gasteiger partial charge in [-0.3, -0.25) is 4.79 Å². The van der Waals surface area contributed by atoms with Crippen molar-refractivity contribution < 1.29 is 18.0 Å². The van der Waals surface area contributed by atoms with Gasteiger partial charge in [0.2, 0.25) is 5.91 Å². The van der Waals surface area contributed by atoms with E-state index in [1.165, 1.54) is 12.1 Å². The smallest absolute Gasteiger partial charge is 0.362 e. The minimum Gasteiger partial charge on any atom is -0.362 e. The van der Waals surface area contributed by atoms with Crippen LogP contribution in [0, 0.1) is 11.3 Å². The molecular formula is C22H21ClF3N3O. The summed E-state index contributed by atoms with van der Waals surface area (Å²) in [6.45, 7) is 2.98. The van der Waals surface area contributed by atoms with E-state index >= 15 is 0 Å². The SMILES string of the molecule is CCCN1C[C@@H](N(Cc2ccccc2C(F)(F)F)c2ccc(C#N)c(Cl)c2)CC1=O. The van der Waals surface area contributed by atoms with Gasteiger partial charge in [0.1, 0.15) is 6.07 Å². The molecular weight excluding hydrogens is 415 g/mol. The summed E-state index contributed by atoms with van der Waals surface area (Å²) in [5.41, 5.74) is 0.273. The number of carbonyl (C=O) groups is 1. The summed E-state index contributed by atoms with van der Waals surface area (Å²) in [6.07, 6.45) is -3.46. The molecule has 0 N–H and O–H groups in total. The molecule has 0 aromatic heterocycles. The average molecular weight is 436 g/mol. The van der Waals surface area contributed by atoms with Gasteiger partial charge in [-0.1, -0.05) is 36.7 Å². The molecule has 30 heavy (non-hydrogen) atoms. The Morgan fingerprint density at radius 3 is 2.63 bits per heavy atom. The minimum absolute atomic E-state index is 0.0179. The van der Waals surface area contributed by atoms with Crippen LogP contribution >= 0.6 is 11.6 Å². The highest BCUT2D eigenvalue weighted by Crippen LogP contribution is 2.35. The monoisotopic (exact) mass is 435 g/mol. The Labute approximate surface area is 178 Å². The number of benzene rings is 2. The maximum absolute atomic E-state index is 13.5. The van der Waals surface area contributed by atoms with Crippen LogP contribution < -0.4 is 4.90 Å². The van der Waals surface area contributed by atoms with Crippen molar-refractivity contribution in [2.24, 2.45) is 0 Å². The Hall–Kier alpha value is -2.72. The van der Waals surface area contributed by atoms with E-state index in [0.717, 1.165) is 12.5 Å². The van der Waals surface area contributed by atoms with E-state index in [2.05, 4.69) is 0 Å². The lowest BCUT2D eigenvalue weighted by molar-refractivity contribution is -0.138. The Morgan fingerprint density at radius 2 is 2.00 bits per heavy atom. The molecule has 0 bridgehead atoms. The highest BCUT2D eigenvalue weighted by atomic mass is 35.5. The fraction of sp³-hybridized carbons (Fsp3) is 0.364. The van der Waals surface area contributed by atoms with E-state index in [9.17, 15) is 18.0 Å². The maximum atomic E-state index is 13.5. The molecule has 2 aromatic rings. The molecule has 1 fully saturated rings. The van der Waals surface area contributed by atoms with Gasteiger partial charge in [0.25, 0.3) is 0 Å². The van der Waals surface area contributed by atoms with Crippen LogP contribution in [0.3, 0.4) is 0 Å². The number of rotatable bonds is 6. The van der Waals surface area contributed by atoms with Crippen molar-refractivity contribution in [2.75, 3.05) is 18.0 Å². The molecule has 0 aliphatic carbocycles. The van der Waals surface area contributed by atoms with Gasteiger partial charge in [-0.2, -0.15) is 18.4 Å². The highest BCUT2D eigenvalue weighted by molar-refractivity contribution is 6.32. The number of hydrogen-bond acceptors (Lipinski definition) is 3. The summed E-state index contributed by atoms with van der Waals surface area (Å²) in [6, 6.07) is 11.9. The van der Waals surface area contributed by atoms with Crippen molar-refractivity contribution in [1.82, 2.24) is 4.90 Å². The molecule has 1 amide bonds. The summed E-state index contributed by atoms with van der Waals surface area (Å²) in [5, 5.41) is 9.35. The lowest BCUT2D eigenvalue weighted by Crippen LogP contribution is -2.38. The van der Waals surface area contributed by atoms with Crippen molar-refractivity contribution in [1.29, 1.82) is 5.26 Å². The number of alkyl halides is 3. The van der Waals surface area contributed by atoms with Gasteiger partial charge >= 0.3 is 6.18 Å². The van der Waals surface area contributed by atoms with Crippen molar-refractivity contribution in [3.05, 3.63) is 64.2 Å². The zero-order chi connectivity index (χ0) is 21.9.